The summed E-state index contributed by atoms with van der Waals surface area (Å²) in [6, 6.07) is 15.5. The van der Waals surface area contributed by atoms with Crippen LogP contribution in [-0.2, 0) is 0 Å². The van der Waals surface area contributed by atoms with Crippen LogP contribution in [0.4, 0.5) is 0 Å². The van der Waals surface area contributed by atoms with E-state index in [0.717, 1.165) is 16.9 Å². The van der Waals surface area contributed by atoms with Crippen molar-refractivity contribution in [2.75, 3.05) is 7.11 Å². The van der Waals surface area contributed by atoms with Gasteiger partial charge in [-0.15, -0.1) is 0 Å². The molecule has 2 atom stereocenters. The number of methoxy groups -OCH3 is 1. The summed E-state index contributed by atoms with van der Waals surface area (Å²) < 4.78 is 11.2. The highest BCUT2D eigenvalue weighted by Crippen LogP contribution is 2.42. The summed E-state index contributed by atoms with van der Waals surface area (Å²) in [6.45, 7) is 0. The van der Waals surface area contributed by atoms with E-state index in [4.69, 9.17) is 9.47 Å². The number of ether oxygens (including phenoxy) is 2. The van der Waals surface area contributed by atoms with Crippen molar-refractivity contribution in [3.8, 4) is 11.5 Å². The number of rotatable bonds is 2. The number of benzene rings is 2. The summed E-state index contributed by atoms with van der Waals surface area (Å²) in [7, 11) is 1.62. The van der Waals surface area contributed by atoms with E-state index in [2.05, 4.69) is 0 Å². The van der Waals surface area contributed by atoms with E-state index in [1.54, 1.807) is 7.11 Å². The Morgan fingerprint density at radius 3 is 2.68 bits per heavy atom. The molecule has 1 N–H and O–H groups in total. The van der Waals surface area contributed by atoms with Gasteiger partial charge in [-0.05, 0) is 17.7 Å². The summed E-state index contributed by atoms with van der Waals surface area (Å²) in [4.78, 5) is 0. The van der Waals surface area contributed by atoms with Gasteiger partial charge >= 0.3 is 0 Å². The molecule has 2 aromatic rings. The predicted molar refractivity (Wildman–Crippen MR) is 72.4 cm³/mol. The van der Waals surface area contributed by atoms with Crippen molar-refractivity contribution >= 4 is 0 Å². The highest BCUT2D eigenvalue weighted by Gasteiger charge is 2.28. The van der Waals surface area contributed by atoms with E-state index in [0.29, 0.717) is 12.2 Å². The molecule has 0 radical (unpaired) electrons. The molecule has 19 heavy (non-hydrogen) atoms. The van der Waals surface area contributed by atoms with Gasteiger partial charge < -0.3 is 14.6 Å². The molecule has 1 aliphatic heterocycles. The van der Waals surface area contributed by atoms with Crippen molar-refractivity contribution in [1.29, 1.82) is 0 Å². The largest absolute Gasteiger partial charge is 0.497 e. The van der Waals surface area contributed by atoms with Gasteiger partial charge in [-0.2, -0.15) is 0 Å². The quantitative estimate of drug-likeness (QED) is 0.896. The Kier molecular flexibility index (Phi) is 3.13. The van der Waals surface area contributed by atoms with Crippen LogP contribution >= 0.6 is 0 Å². The Bertz CT molecular complexity index is 565. The molecule has 0 amide bonds. The molecule has 3 rings (SSSR count). The maximum absolute atomic E-state index is 10.2. The van der Waals surface area contributed by atoms with Gasteiger partial charge in [0, 0.05) is 18.1 Å². The zero-order valence-electron chi connectivity index (χ0n) is 10.7. The molecule has 1 aliphatic rings. The van der Waals surface area contributed by atoms with Crippen molar-refractivity contribution < 1.29 is 14.6 Å². The van der Waals surface area contributed by atoms with Crippen molar-refractivity contribution in [2.24, 2.45) is 0 Å². The lowest BCUT2D eigenvalue weighted by atomic mass is 9.95. The molecule has 0 fully saturated rings. The molecule has 0 bridgehead atoms. The Balaban J connectivity index is 1.94. The highest BCUT2D eigenvalue weighted by molar-refractivity contribution is 5.44. The third-order valence-corrected chi connectivity index (χ3v) is 3.46. The summed E-state index contributed by atoms with van der Waals surface area (Å²) in [6.07, 6.45) is -0.0424. The number of hydrogen-bond acceptors (Lipinski definition) is 3. The smallest absolute Gasteiger partial charge is 0.129 e. The predicted octanol–water partition coefficient (Wildman–Crippen LogP) is 3.25. The first-order valence-corrected chi connectivity index (χ1v) is 6.35. The SMILES string of the molecule is COc1ccc2c(c1)O[C@@H](c1ccccc1)C[C@H]2O. The van der Waals surface area contributed by atoms with Gasteiger partial charge in [-0.25, -0.2) is 0 Å². The molecule has 0 spiro atoms. The minimum Gasteiger partial charge on any atom is -0.497 e. The number of fused-ring (bicyclic) bond motifs is 1. The summed E-state index contributed by atoms with van der Waals surface area (Å²) in [5.41, 5.74) is 1.91. The van der Waals surface area contributed by atoms with Gasteiger partial charge in [0.25, 0.3) is 0 Å². The normalized spacial score (nSPS) is 21.4. The molecule has 1 heterocycles. The molecular weight excluding hydrogens is 240 g/mol. The third-order valence-electron chi connectivity index (χ3n) is 3.46. The lowest BCUT2D eigenvalue weighted by Crippen LogP contribution is -2.19. The molecule has 0 saturated carbocycles. The van der Waals surface area contributed by atoms with Crippen LogP contribution < -0.4 is 9.47 Å². The van der Waals surface area contributed by atoms with E-state index < -0.39 is 6.10 Å². The second kappa shape index (κ2) is 4.94. The Hall–Kier alpha value is -2.00. The lowest BCUT2D eigenvalue weighted by molar-refractivity contribution is 0.0655. The molecule has 3 nitrogen and oxygen atoms in total. The second-order valence-electron chi connectivity index (χ2n) is 4.67. The molecule has 3 heteroatoms. The zero-order valence-corrected chi connectivity index (χ0v) is 10.7. The standard InChI is InChI=1S/C16H16O3/c1-18-12-7-8-13-14(17)10-15(19-16(13)9-12)11-5-3-2-4-6-11/h2-9,14-15,17H,10H2,1H3/t14-,15-/m1/s1. The molecular formula is C16H16O3. The minimum atomic E-state index is -0.500. The molecule has 0 aliphatic carbocycles. The first-order chi connectivity index (χ1) is 9.28. The lowest BCUT2D eigenvalue weighted by Gasteiger charge is -2.30. The van der Waals surface area contributed by atoms with Crippen LogP contribution in [0.1, 0.15) is 29.8 Å². The van der Waals surface area contributed by atoms with Crippen LogP contribution in [0.5, 0.6) is 11.5 Å². The topological polar surface area (TPSA) is 38.7 Å². The van der Waals surface area contributed by atoms with Crippen molar-refractivity contribution in [3.05, 3.63) is 59.7 Å². The first kappa shape index (κ1) is 12.1. The van der Waals surface area contributed by atoms with Crippen LogP contribution in [0, 0.1) is 0 Å². The van der Waals surface area contributed by atoms with Gasteiger partial charge in [0.05, 0.1) is 13.2 Å². The van der Waals surface area contributed by atoms with Crippen molar-refractivity contribution in [1.82, 2.24) is 0 Å². The van der Waals surface area contributed by atoms with Crippen LogP contribution in [0.25, 0.3) is 0 Å². The van der Waals surface area contributed by atoms with E-state index in [1.807, 2.05) is 48.5 Å². The van der Waals surface area contributed by atoms with Crippen molar-refractivity contribution in [2.45, 2.75) is 18.6 Å². The fourth-order valence-electron chi connectivity index (χ4n) is 2.42. The number of aliphatic hydroxyl groups is 1. The maximum Gasteiger partial charge on any atom is 0.129 e. The molecule has 2 aromatic carbocycles. The maximum atomic E-state index is 10.2. The third kappa shape index (κ3) is 2.29. The van der Waals surface area contributed by atoms with Gasteiger partial charge in [0.1, 0.15) is 17.6 Å². The molecule has 0 unspecified atom stereocenters. The van der Waals surface area contributed by atoms with E-state index in [-0.39, 0.29) is 6.10 Å². The average molecular weight is 256 g/mol. The fraction of sp³-hybridized carbons (Fsp3) is 0.250. The zero-order chi connectivity index (χ0) is 13.2. The average Bonchev–Trinajstić information content (AvgIpc) is 2.47. The Labute approximate surface area is 112 Å². The van der Waals surface area contributed by atoms with Crippen LogP contribution in [-0.4, -0.2) is 12.2 Å². The van der Waals surface area contributed by atoms with Gasteiger partial charge in [-0.3, -0.25) is 0 Å². The second-order valence-corrected chi connectivity index (χ2v) is 4.67. The van der Waals surface area contributed by atoms with Crippen molar-refractivity contribution in [3.63, 3.8) is 0 Å². The van der Waals surface area contributed by atoms with Crippen LogP contribution in [0.2, 0.25) is 0 Å². The Morgan fingerprint density at radius 1 is 1.16 bits per heavy atom. The van der Waals surface area contributed by atoms with E-state index >= 15 is 0 Å². The summed E-state index contributed by atoms with van der Waals surface area (Å²) in [5, 5.41) is 10.2. The minimum absolute atomic E-state index is 0.115. The number of hydrogen-bond donors (Lipinski definition) is 1. The highest BCUT2D eigenvalue weighted by atomic mass is 16.5. The van der Waals surface area contributed by atoms with E-state index in [1.165, 1.54) is 0 Å². The van der Waals surface area contributed by atoms with Gasteiger partial charge in [-0.1, -0.05) is 30.3 Å². The summed E-state index contributed by atoms with van der Waals surface area (Å²) in [5.74, 6) is 1.44. The molecule has 98 valence electrons. The monoisotopic (exact) mass is 256 g/mol. The fourth-order valence-corrected chi connectivity index (χ4v) is 2.42. The van der Waals surface area contributed by atoms with Gasteiger partial charge in [0.2, 0.25) is 0 Å². The van der Waals surface area contributed by atoms with Crippen LogP contribution in [0.15, 0.2) is 48.5 Å². The molecule has 0 aromatic heterocycles. The van der Waals surface area contributed by atoms with E-state index in [9.17, 15) is 5.11 Å². The molecule has 0 saturated heterocycles. The summed E-state index contributed by atoms with van der Waals surface area (Å²) >= 11 is 0. The van der Waals surface area contributed by atoms with Crippen LogP contribution in [0.3, 0.4) is 0 Å². The number of aliphatic hydroxyl groups excluding tert-OH is 1. The first-order valence-electron chi connectivity index (χ1n) is 6.35. The van der Waals surface area contributed by atoms with Gasteiger partial charge in [0.15, 0.2) is 0 Å². The Morgan fingerprint density at radius 2 is 1.95 bits per heavy atom.